The highest BCUT2D eigenvalue weighted by Crippen LogP contribution is 2.42. The van der Waals surface area contributed by atoms with Crippen LogP contribution in [-0.4, -0.2) is 32.4 Å². The Kier molecular flexibility index (Phi) is 4.98. The number of aryl methyl sites for hydroxylation is 1. The summed E-state index contributed by atoms with van der Waals surface area (Å²) < 4.78 is 15.5. The van der Waals surface area contributed by atoms with E-state index in [1.54, 1.807) is 6.07 Å². The van der Waals surface area contributed by atoms with Crippen molar-refractivity contribution in [2.75, 3.05) is 21.3 Å². The maximum atomic E-state index is 11.5. The van der Waals surface area contributed by atoms with E-state index in [1.165, 1.54) is 21.3 Å². The van der Waals surface area contributed by atoms with Gasteiger partial charge in [-0.2, -0.15) is 0 Å². The fraction of sp³-hybridized carbons (Fsp3) is 0.417. The van der Waals surface area contributed by atoms with E-state index in [9.17, 15) is 9.90 Å². The number of benzene rings is 1. The molecule has 0 aliphatic carbocycles. The van der Waals surface area contributed by atoms with E-state index in [4.69, 9.17) is 9.47 Å². The molecule has 1 aromatic carbocycles. The summed E-state index contributed by atoms with van der Waals surface area (Å²) in [5.74, 6) is -0.0225. The van der Waals surface area contributed by atoms with Crippen LogP contribution in [0.4, 0.5) is 0 Å². The van der Waals surface area contributed by atoms with Crippen molar-refractivity contribution in [2.45, 2.75) is 13.0 Å². The Morgan fingerprint density at radius 1 is 1.33 bits per heavy atom. The summed E-state index contributed by atoms with van der Waals surface area (Å²) in [5.41, 5.74) is 1.10. The number of halogens is 1. The van der Waals surface area contributed by atoms with E-state index in [0.29, 0.717) is 21.5 Å². The third-order valence-electron chi connectivity index (χ3n) is 2.52. The molecule has 0 aliphatic rings. The molecule has 0 saturated heterocycles. The Balaban J connectivity index is 3.48. The first kappa shape index (κ1) is 14.8. The molecule has 18 heavy (non-hydrogen) atoms. The molecule has 0 radical (unpaired) electrons. The average Bonchev–Trinajstić information content (AvgIpc) is 2.39. The van der Waals surface area contributed by atoms with Crippen LogP contribution in [0.2, 0.25) is 0 Å². The molecule has 0 amide bonds. The maximum Gasteiger partial charge on any atom is 0.339 e. The summed E-state index contributed by atoms with van der Waals surface area (Å²) in [6, 6.07) is 1.75. The summed E-state index contributed by atoms with van der Waals surface area (Å²) in [6.45, 7) is 1.82. The molecular formula is C12H15BrO5. The lowest BCUT2D eigenvalue weighted by Crippen LogP contribution is -2.16. The molecule has 100 valence electrons. The van der Waals surface area contributed by atoms with E-state index in [2.05, 4.69) is 20.7 Å². The first-order valence-corrected chi connectivity index (χ1v) is 5.94. The van der Waals surface area contributed by atoms with Crippen molar-refractivity contribution in [3.05, 3.63) is 21.7 Å². The van der Waals surface area contributed by atoms with Gasteiger partial charge in [-0.15, -0.1) is 0 Å². The van der Waals surface area contributed by atoms with Crippen LogP contribution >= 0.6 is 15.9 Å². The van der Waals surface area contributed by atoms with Crippen molar-refractivity contribution in [3.63, 3.8) is 0 Å². The lowest BCUT2D eigenvalue weighted by Gasteiger charge is -2.19. The second-order valence-electron chi connectivity index (χ2n) is 3.58. The third-order valence-corrected chi connectivity index (χ3v) is 3.57. The summed E-state index contributed by atoms with van der Waals surface area (Å²) in [6.07, 6.45) is -1.44. The SMILES string of the molecule is COC(=O)C(O)c1c(Br)c(C)cc(OC)c1OC. The van der Waals surface area contributed by atoms with Crippen LogP contribution in [0.5, 0.6) is 11.5 Å². The average molecular weight is 319 g/mol. The number of rotatable bonds is 4. The number of esters is 1. The third kappa shape index (κ3) is 2.59. The zero-order valence-corrected chi connectivity index (χ0v) is 12.2. The van der Waals surface area contributed by atoms with Gasteiger partial charge in [0.1, 0.15) is 0 Å². The second-order valence-corrected chi connectivity index (χ2v) is 4.38. The van der Waals surface area contributed by atoms with Crippen LogP contribution in [-0.2, 0) is 9.53 Å². The van der Waals surface area contributed by atoms with Crippen molar-refractivity contribution in [3.8, 4) is 11.5 Å². The molecule has 0 spiro atoms. The standard InChI is InChI=1S/C12H15BrO5/c1-6-5-7(16-2)11(17-3)8(9(6)13)10(14)12(15)18-4/h5,10,14H,1-4H3. The zero-order valence-electron chi connectivity index (χ0n) is 10.6. The minimum atomic E-state index is -1.44. The Morgan fingerprint density at radius 2 is 1.94 bits per heavy atom. The number of methoxy groups -OCH3 is 3. The number of aliphatic hydroxyl groups excluding tert-OH is 1. The van der Waals surface area contributed by atoms with Crippen molar-refractivity contribution in [1.82, 2.24) is 0 Å². The van der Waals surface area contributed by atoms with Crippen molar-refractivity contribution in [2.24, 2.45) is 0 Å². The summed E-state index contributed by atoms with van der Waals surface area (Å²) in [7, 11) is 4.13. The van der Waals surface area contributed by atoms with Gasteiger partial charge in [-0.05, 0) is 34.5 Å². The molecule has 1 atom stereocenters. The van der Waals surface area contributed by atoms with Crippen LogP contribution in [0, 0.1) is 6.92 Å². The van der Waals surface area contributed by atoms with Gasteiger partial charge < -0.3 is 19.3 Å². The Hall–Kier alpha value is -1.27. The van der Waals surface area contributed by atoms with E-state index < -0.39 is 12.1 Å². The largest absolute Gasteiger partial charge is 0.493 e. The molecule has 0 aromatic heterocycles. The number of aliphatic hydroxyl groups is 1. The molecule has 0 aliphatic heterocycles. The molecule has 1 aromatic rings. The first-order valence-electron chi connectivity index (χ1n) is 5.14. The van der Waals surface area contributed by atoms with E-state index >= 15 is 0 Å². The van der Waals surface area contributed by atoms with Gasteiger partial charge in [0.25, 0.3) is 0 Å². The molecule has 1 rings (SSSR count). The van der Waals surface area contributed by atoms with Crippen LogP contribution in [0.25, 0.3) is 0 Å². The van der Waals surface area contributed by atoms with Gasteiger partial charge in [-0.3, -0.25) is 0 Å². The Bertz CT molecular complexity index is 458. The first-order chi connectivity index (χ1) is 8.47. The monoisotopic (exact) mass is 318 g/mol. The van der Waals surface area contributed by atoms with Crippen LogP contribution in [0.3, 0.4) is 0 Å². The number of carbonyl (C=O) groups excluding carboxylic acids is 1. The van der Waals surface area contributed by atoms with Crippen LogP contribution in [0.1, 0.15) is 17.2 Å². The van der Waals surface area contributed by atoms with E-state index in [1.807, 2.05) is 6.92 Å². The molecule has 1 unspecified atom stereocenters. The predicted molar refractivity (Wildman–Crippen MR) is 69.0 cm³/mol. The Morgan fingerprint density at radius 3 is 2.39 bits per heavy atom. The van der Waals surface area contributed by atoms with Gasteiger partial charge in [-0.25, -0.2) is 4.79 Å². The minimum absolute atomic E-state index is 0.293. The molecule has 0 bridgehead atoms. The van der Waals surface area contributed by atoms with Crippen molar-refractivity contribution >= 4 is 21.9 Å². The molecule has 0 fully saturated rings. The van der Waals surface area contributed by atoms with Crippen LogP contribution in [0.15, 0.2) is 10.5 Å². The smallest absolute Gasteiger partial charge is 0.339 e. The van der Waals surface area contributed by atoms with E-state index in [-0.39, 0.29) is 0 Å². The fourth-order valence-electron chi connectivity index (χ4n) is 1.61. The number of hydrogen-bond donors (Lipinski definition) is 1. The molecule has 1 N–H and O–H groups in total. The van der Waals surface area contributed by atoms with E-state index in [0.717, 1.165) is 5.56 Å². The number of hydrogen-bond acceptors (Lipinski definition) is 5. The zero-order chi connectivity index (χ0) is 13.9. The normalized spacial score (nSPS) is 11.9. The van der Waals surface area contributed by atoms with Crippen molar-refractivity contribution in [1.29, 1.82) is 0 Å². The highest BCUT2D eigenvalue weighted by Gasteiger charge is 2.28. The lowest BCUT2D eigenvalue weighted by atomic mass is 10.0. The van der Waals surface area contributed by atoms with Gasteiger partial charge in [-0.1, -0.05) is 0 Å². The van der Waals surface area contributed by atoms with Gasteiger partial charge >= 0.3 is 5.97 Å². The summed E-state index contributed by atoms with van der Waals surface area (Å²) >= 11 is 3.33. The van der Waals surface area contributed by atoms with Gasteiger partial charge in [0.05, 0.1) is 26.9 Å². The lowest BCUT2D eigenvalue weighted by molar-refractivity contribution is -0.150. The second kappa shape index (κ2) is 6.06. The summed E-state index contributed by atoms with van der Waals surface area (Å²) in [5, 5.41) is 9.99. The Labute approximate surface area is 114 Å². The molecule has 0 saturated carbocycles. The van der Waals surface area contributed by atoms with Gasteiger partial charge in [0.2, 0.25) is 0 Å². The molecule has 6 heteroatoms. The van der Waals surface area contributed by atoms with Gasteiger partial charge in [0.15, 0.2) is 17.6 Å². The number of ether oxygens (including phenoxy) is 3. The molecular weight excluding hydrogens is 304 g/mol. The highest BCUT2D eigenvalue weighted by molar-refractivity contribution is 9.10. The maximum absolute atomic E-state index is 11.5. The van der Waals surface area contributed by atoms with Gasteiger partial charge in [0, 0.05) is 4.47 Å². The van der Waals surface area contributed by atoms with Crippen LogP contribution < -0.4 is 9.47 Å². The quantitative estimate of drug-likeness (QED) is 0.860. The minimum Gasteiger partial charge on any atom is -0.493 e. The molecule has 5 nitrogen and oxygen atoms in total. The van der Waals surface area contributed by atoms with Crippen molar-refractivity contribution < 1.29 is 24.1 Å². The highest BCUT2D eigenvalue weighted by atomic mass is 79.9. The summed E-state index contributed by atoms with van der Waals surface area (Å²) in [4.78, 5) is 11.5. The molecule has 0 heterocycles. The predicted octanol–water partition coefficient (Wildman–Crippen LogP) is 1.98. The fourth-order valence-corrected chi connectivity index (χ4v) is 2.12. The number of carbonyl (C=O) groups is 1. The topological polar surface area (TPSA) is 65.0 Å².